The first-order valence-electron chi connectivity index (χ1n) is 10.5. The topological polar surface area (TPSA) is 106 Å². The Labute approximate surface area is 181 Å². The number of piperidine rings is 1. The van der Waals surface area contributed by atoms with E-state index in [-0.39, 0.29) is 5.91 Å². The maximum Gasteiger partial charge on any atom is 0.252 e. The van der Waals surface area contributed by atoms with E-state index in [1.165, 1.54) is 0 Å². The van der Waals surface area contributed by atoms with Crippen molar-refractivity contribution in [3.05, 3.63) is 65.4 Å². The molecule has 0 aliphatic carbocycles. The zero-order valence-electron chi connectivity index (χ0n) is 17.9. The first kappa shape index (κ1) is 20.9. The number of H-pyrrole nitrogens is 1. The molecule has 0 saturated carbocycles. The molecule has 8 nitrogen and oxygen atoms in total. The second-order valence-corrected chi connectivity index (χ2v) is 8.14. The molecule has 3 aromatic rings. The van der Waals surface area contributed by atoms with E-state index in [4.69, 9.17) is 4.98 Å². The van der Waals surface area contributed by atoms with Crippen LogP contribution in [0.3, 0.4) is 0 Å². The Morgan fingerprint density at radius 1 is 1.13 bits per heavy atom. The Morgan fingerprint density at radius 3 is 2.55 bits per heavy atom. The molecule has 1 amide bonds. The highest BCUT2D eigenvalue weighted by atomic mass is 16.3. The summed E-state index contributed by atoms with van der Waals surface area (Å²) in [5, 5.41) is 24.1. The lowest BCUT2D eigenvalue weighted by atomic mass is 9.90. The molecule has 1 fully saturated rings. The molecular weight excluding hydrogens is 392 g/mol. The fourth-order valence-electron chi connectivity index (χ4n) is 3.76. The Kier molecular flexibility index (Phi) is 5.90. The summed E-state index contributed by atoms with van der Waals surface area (Å²) < 4.78 is 0. The maximum atomic E-state index is 12.6. The van der Waals surface area contributed by atoms with Gasteiger partial charge >= 0.3 is 0 Å². The van der Waals surface area contributed by atoms with Gasteiger partial charge in [-0.2, -0.15) is 5.10 Å². The van der Waals surface area contributed by atoms with Crippen molar-refractivity contribution in [2.45, 2.75) is 38.8 Å². The number of nitrogens with one attached hydrogen (secondary N) is 3. The number of benzene rings is 1. The van der Waals surface area contributed by atoms with Crippen molar-refractivity contribution in [2.24, 2.45) is 0 Å². The van der Waals surface area contributed by atoms with Crippen LogP contribution in [0.4, 0.5) is 17.5 Å². The van der Waals surface area contributed by atoms with Crippen LogP contribution in [0.25, 0.3) is 0 Å². The van der Waals surface area contributed by atoms with Crippen LogP contribution >= 0.6 is 0 Å². The van der Waals surface area contributed by atoms with Crippen LogP contribution in [0.1, 0.15) is 29.7 Å². The van der Waals surface area contributed by atoms with Crippen molar-refractivity contribution in [3.63, 3.8) is 0 Å². The average molecular weight is 421 g/mol. The van der Waals surface area contributed by atoms with Gasteiger partial charge in [0.2, 0.25) is 0 Å². The van der Waals surface area contributed by atoms with Crippen molar-refractivity contribution in [2.75, 3.05) is 23.3 Å². The van der Waals surface area contributed by atoms with E-state index in [0.717, 1.165) is 22.6 Å². The number of aliphatic hydroxyl groups is 1. The number of carbonyl (C=O) groups is 1. The summed E-state index contributed by atoms with van der Waals surface area (Å²) in [6.45, 7) is 5.47. The predicted octanol–water partition coefficient (Wildman–Crippen LogP) is 2.81. The highest BCUT2D eigenvalue weighted by Gasteiger charge is 2.39. The fourth-order valence-corrected chi connectivity index (χ4v) is 3.76. The summed E-state index contributed by atoms with van der Waals surface area (Å²) in [5.41, 5.74) is 1.69. The molecule has 1 aliphatic heterocycles. The summed E-state index contributed by atoms with van der Waals surface area (Å²) in [6, 6.07) is 15.6. The van der Waals surface area contributed by atoms with Crippen LogP contribution in [0, 0.1) is 13.8 Å². The molecule has 4 rings (SSSR count). The van der Waals surface area contributed by atoms with Crippen molar-refractivity contribution in [1.82, 2.24) is 20.5 Å². The highest BCUT2D eigenvalue weighted by Crippen LogP contribution is 2.28. The molecule has 0 spiro atoms. The summed E-state index contributed by atoms with van der Waals surface area (Å²) in [5.74, 6) is 1.93. The summed E-state index contributed by atoms with van der Waals surface area (Å²) >= 11 is 0. The van der Waals surface area contributed by atoms with E-state index in [2.05, 4.69) is 25.7 Å². The number of anilines is 3. The normalized spacial score (nSPS) is 15.5. The molecular formula is C23H28N6O2. The second kappa shape index (κ2) is 8.77. The summed E-state index contributed by atoms with van der Waals surface area (Å²) in [6.07, 6.45) is 0.704. The van der Waals surface area contributed by atoms with Crippen LogP contribution in [-0.2, 0) is 11.3 Å². The third-order valence-corrected chi connectivity index (χ3v) is 5.55. The number of hydrogen-bond acceptors (Lipinski definition) is 6. The molecule has 4 N–H and O–H groups in total. The predicted molar refractivity (Wildman–Crippen MR) is 120 cm³/mol. The lowest BCUT2D eigenvalue weighted by Gasteiger charge is -2.37. The minimum Gasteiger partial charge on any atom is -0.380 e. The molecule has 0 atom stereocenters. The third kappa shape index (κ3) is 5.03. The molecule has 1 aliphatic rings. The Morgan fingerprint density at radius 2 is 1.87 bits per heavy atom. The minimum absolute atomic E-state index is 0.315. The van der Waals surface area contributed by atoms with Crippen LogP contribution in [0.15, 0.2) is 48.5 Å². The number of rotatable bonds is 6. The number of aryl methyl sites for hydroxylation is 2. The number of aromatic amines is 1. The lowest BCUT2D eigenvalue weighted by Crippen LogP contribution is -2.53. The number of nitrogens with zero attached hydrogens (tertiary/aromatic N) is 3. The third-order valence-electron chi connectivity index (χ3n) is 5.55. The molecule has 1 aromatic carbocycles. The maximum absolute atomic E-state index is 12.6. The van der Waals surface area contributed by atoms with E-state index < -0.39 is 5.60 Å². The standard InChI is InChI=1S/C23H28N6O2/c1-16-12-19(25-20-14-17(2)27-28-20)26-21(13-16)29-10-8-23(31,9-11-29)22(30)24-15-18-6-4-3-5-7-18/h3-7,12-14,31H,8-11,15H2,1-2H3,(H,24,30)(H2,25,26,27,28). The zero-order valence-corrected chi connectivity index (χ0v) is 17.9. The van der Waals surface area contributed by atoms with Gasteiger partial charge in [0.05, 0.1) is 0 Å². The Bertz CT molecular complexity index is 1040. The van der Waals surface area contributed by atoms with Gasteiger partial charge in [-0.25, -0.2) is 4.98 Å². The molecule has 3 heterocycles. The number of carbonyl (C=O) groups excluding carboxylic acids is 1. The number of amides is 1. The Balaban J connectivity index is 1.38. The molecule has 0 radical (unpaired) electrons. The van der Waals surface area contributed by atoms with Crippen LogP contribution in [-0.4, -0.2) is 44.9 Å². The van der Waals surface area contributed by atoms with Gasteiger partial charge < -0.3 is 20.6 Å². The molecule has 8 heteroatoms. The molecule has 1 saturated heterocycles. The zero-order chi connectivity index (χ0) is 21.8. The van der Waals surface area contributed by atoms with Gasteiger partial charge in [-0.05, 0) is 37.1 Å². The molecule has 0 unspecified atom stereocenters. The van der Waals surface area contributed by atoms with E-state index in [1.54, 1.807) is 0 Å². The van der Waals surface area contributed by atoms with Gasteiger partial charge in [0.15, 0.2) is 5.82 Å². The van der Waals surface area contributed by atoms with Crippen LogP contribution < -0.4 is 15.5 Å². The smallest absolute Gasteiger partial charge is 0.252 e. The quantitative estimate of drug-likeness (QED) is 0.489. The second-order valence-electron chi connectivity index (χ2n) is 8.14. The average Bonchev–Trinajstić information content (AvgIpc) is 3.17. The molecule has 2 aromatic heterocycles. The highest BCUT2D eigenvalue weighted by molar-refractivity contribution is 5.85. The van der Waals surface area contributed by atoms with Crippen molar-refractivity contribution < 1.29 is 9.90 Å². The molecule has 31 heavy (non-hydrogen) atoms. The minimum atomic E-state index is -1.36. The van der Waals surface area contributed by atoms with Gasteiger partial charge in [-0.1, -0.05) is 30.3 Å². The Hall–Kier alpha value is -3.39. The largest absolute Gasteiger partial charge is 0.380 e. The van der Waals surface area contributed by atoms with Crippen molar-refractivity contribution >= 4 is 23.4 Å². The fraction of sp³-hybridized carbons (Fsp3) is 0.348. The number of pyridine rings is 1. The molecule has 162 valence electrons. The monoisotopic (exact) mass is 420 g/mol. The van der Waals surface area contributed by atoms with Crippen molar-refractivity contribution in [1.29, 1.82) is 0 Å². The van der Waals surface area contributed by atoms with Gasteiger partial charge in [0, 0.05) is 44.2 Å². The van der Waals surface area contributed by atoms with E-state index in [9.17, 15) is 9.90 Å². The van der Waals surface area contributed by atoms with Crippen LogP contribution in [0.5, 0.6) is 0 Å². The number of aromatic nitrogens is 3. The number of hydrogen-bond donors (Lipinski definition) is 4. The first-order valence-corrected chi connectivity index (χ1v) is 10.5. The summed E-state index contributed by atoms with van der Waals surface area (Å²) in [7, 11) is 0. The molecule has 0 bridgehead atoms. The van der Waals surface area contributed by atoms with Gasteiger partial charge in [0.25, 0.3) is 5.91 Å². The van der Waals surface area contributed by atoms with E-state index in [1.807, 2.05) is 62.4 Å². The summed E-state index contributed by atoms with van der Waals surface area (Å²) in [4.78, 5) is 19.4. The first-order chi connectivity index (χ1) is 14.9. The van der Waals surface area contributed by atoms with E-state index >= 15 is 0 Å². The van der Waals surface area contributed by atoms with Gasteiger partial charge in [-0.3, -0.25) is 9.89 Å². The van der Waals surface area contributed by atoms with Gasteiger partial charge in [0.1, 0.15) is 17.2 Å². The SMILES string of the molecule is Cc1cc(Nc2cc(C)[nH]n2)nc(N2CCC(O)(C(=O)NCc3ccccc3)CC2)c1. The van der Waals surface area contributed by atoms with Crippen molar-refractivity contribution in [3.8, 4) is 0 Å². The van der Waals surface area contributed by atoms with Crippen LogP contribution in [0.2, 0.25) is 0 Å². The van der Waals surface area contributed by atoms with Gasteiger partial charge in [-0.15, -0.1) is 0 Å². The van der Waals surface area contributed by atoms with E-state index in [0.29, 0.717) is 44.1 Å². The lowest BCUT2D eigenvalue weighted by molar-refractivity contribution is -0.142.